The van der Waals surface area contributed by atoms with Gasteiger partial charge in [-0.3, -0.25) is 4.79 Å². The molecule has 1 aliphatic rings. The van der Waals surface area contributed by atoms with Crippen molar-refractivity contribution >= 4 is 23.1 Å². The fourth-order valence-electron chi connectivity index (χ4n) is 1.33. The molecule has 0 aromatic carbocycles. The van der Waals surface area contributed by atoms with Gasteiger partial charge in [0, 0.05) is 26.6 Å². The Kier molecular flexibility index (Phi) is 5.69. The second-order valence-corrected chi connectivity index (χ2v) is 4.84. The van der Waals surface area contributed by atoms with Gasteiger partial charge in [0.25, 0.3) is 0 Å². The highest BCUT2D eigenvalue weighted by molar-refractivity contribution is 7.80. The van der Waals surface area contributed by atoms with E-state index in [-0.39, 0.29) is 12.5 Å². The van der Waals surface area contributed by atoms with Crippen LogP contribution in [0.25, 0.3) is 0 Å². The Morgan fingerprint density at radius 2 is 2.25 bits per heavy atom. The van der Waals surface area contributed by atoms with Gasteiger partial charge in [0.15, 0.2) is 0 Å². The van der Waals surface area contributed by atoms with Crippen LogP contribution in [0.1, 0.15) is 25.7 Å². The highest BCUT2D eigenvalue weighted by Gasteiger charge is 2.20. The summed E-state index contributed by atoms with van der Waals surface area (Å²) in [6, 6.07) is 0. The molecule has 1 aliphatic carbocycles. The molecule has 1 saturated carbocycles. The number of hydrogen-bond donors (Lipinski definition) is 1. The molecule has 0 heterocycles. The van der Waals surface area contributed by atoms with E-state index < -0.39 is 0 Å². The van der Waals surface area contributed by atoms with Crippen molar-refractivity contribution in [3.63, 3.8) is 0 Å². The zero-order valence-corrected chi connectivity index (χ0v) is 10.6. The molecule has 0 saturated heterocycles. The summed E-state index contributed by atoms with van der Waals surface area (Å²) >= 11 is 4.75. The van der Waals surface area contributed by atoms with Crippen LogP contribution < -0.4 is 5.73 Å². The Morgan fingerprint density at radius 1 is 1.56 bits per heavy atom. The lowest BCUT2D eigenvalue weighted by Gasteiger charge is -2.16. The first-order valence-corrected chi connectivity index (χ1v) is 6.10. The predicted molar refractivity (Wildman–Crippen MR) is 67.2 cm³/mol. The van der Waals surface area contributed by atoms with Gasteiger partial charge in [-0.05, 0) is 12.3 Å². The number of hydrogen-bond acceptors (Lipinski definition) is 3. The zero-order chi connectivity index (χ0) is 12.0. The molecule has 1 fully saturated rings. The van der Waals surface area contributed by atoms with E-state index in [4.69, 9.17) is 22.7 Å². The summed E-state index contributed by atoms with van der Waals surface area (Å²) in [4.78, 5) is 13.6. The summed E-state index contributed by atoms with van der Waals surface area (Å²) in [5, 5.41) is 0. The van der Waals surface area contributed by atoms with Crippen molar-refractivity contribution in [2.45, 2.75) is 25.7 Å². The highest BCUT2D eigenvalue weighted by atomic mass is 32.1. The molecular weight excluding hydrogens is 224 g/mol. The van der Waals surface area contributed by atoms with Crippen LogP contribution in [0.3, 0.4) is 0 Å². The monoisotopic (exact) mass is 244 g/mol. The van der Waals surface area contributed by atoms with Crippen molar-refractivity contribution in [3.05, 3.63) is 0 Å². The molecule has 5 heteroatoms. The molecule has 1 amide bonds. The van der Waals surface area contributed by atoms with Crippen molar-refractivity contribution in [3.8, 4) is 0 Å². The molecule has 4 nitrogen and oxygen atoms in total. The number of nitrogens with zero attached hydrogens (tertiary/aromatic N) is 1. The molecule has 0 bridgehead atoms. The summed E-state index contributed by atoms with van der Waals surface area (Å²) in [7, 11) is 1.74. The van der Waals surface area contributed by atoms with Crippen molar-refractivity contribution in [2.24, 2.45) is 11.7 Å². The van der Waals surface area contributed by atoms with Gasteiger partial charge in [-0.25, -0.2) is 0 Å². The Morgan fingerprint density at radius 3 is 2.81 bits per heavy atom. The SMILES string of the molecule is CN(CCC(N)=S)C(=O)COCCC1CC1. The molecule has 16 heavy (non-hydrogen) atoms. The van der Waals surface area contributed by atoms with Crippen LogP contribution in [-0.4, -0.2) is 42.6 Å². The number of likely N-dealkylation sites (N-methyl/N-ethyl adjacent to an activating group) is 1. The van der Waals surface area contributed by atoms with Crippen molar-refractivity contribution in [1.29, 1.82) is 0 Å². The summed E-state index contributed by atoms with van der Waals surface area (Å²) in [6.07, 6.45) is 4.31. The molecule has 0 atom stereocenters. The minimum atomic E-state index is -0.00736. The third-order valence-corrected chi connectivity index (χ3v) is 2.92. The number of carbonyl (C=O) groups is 1. The molecule has 92 valence electrons. The largest absolute Gasteiger partial charge is 0.393 e. The smallest absolute Gasteiger partial charge is 0.248 e. The van der Waals surface area contributed by atoms with Crippen molar-refractivity contribution in [1.82, 2.24) is 4.90 Å². The minimum absolute atomic E-state index is 0.00736. The van der Waals surface area contributed by atoms with Gasteiger partial charge in [0.2, 0.25) is 5.91 Å². The summed E-state index contributed by atoms with van der Waals surface area (Å²) in [6.45, 7) is 1.43. The second kappa shape index (κ2) is 6.81. The van der Waals surface area contributed by atoms with E-state index in [0.717, 1.165) is 12.3 Å². The van der Waals surface area contributed by atoms with Gasteiger partial charge >= 0.3 is 0 Å². The first kappa shape index (κ1) is 13.4. The molecule has 0 radical (unpaired) electrons. The minimum Gasteiger partial charge on any atom is -0.393 e. The topological polar surface area (TPSA) is 55.6 Å². The first-order chi connectivity index (χ1) is 7.59. The Labute approximate surface area is 102 Å². The van der Waals surface area contributed by atoms with E-state index in [0.29, 0.717) is 24.6 Å². The van der Waals surface area contributed by atoms with Crippen molar-refractivity contribution < 1.29 is 9.53 Å². The number of rotatable bonds is 8. The average Bonchev–Trinajstić information content (AvgIpc) is 3.04. The van der Waals surface area contributed by atoms with Crippen LogP contribution in [0.4, 0.5) is 0 Å². The van der Waals surface area contributed by atoms with Gasteiger partial charge in [0.05, 0.1) is 4.99 Å². The molecule has 1 rings (SSSR count). The van der Waals surface area contributed by atoms with Gasteiger partial charge in [-0.2, -0.15) is 0 Å². The van der Waals surface area contributed by atoms with Crippen LogP contribution in [-0.2, 0) is 9.53 Å². The van der Waals surface area contributed by atoms with Crippen LogP contribution in [0.5, 0.6) is 0 Å². The number of amides is 1. The van der Waals surface area contributed by atoms with Gasteiger partial charge < -0.3 is 15.4 Å². The number of carbonyl (C=O) groups excluding carboxylic acids is 1. The zero-order valence-electron chi connectivity index (χ0n) is 9.78. The number of ether oxygens (including phenoxy) is 1. The van der Waals surface area contributed by atoms with E-state index in [1.165, 1.54) is 12.8 Å². The van der Waals surface area contributed by atoms with Crippen LogP contribution in [0, 0.1) is 5.92 Å². The van der Waals surface area contributed by atoms with E-state index in [1.807, 2.05) is 0 Å². The lowest BCUT2D eigenvalue weighted by molar-refractivity contribution is -0.134. The lowest BCUT2D eigenvalue weighted by Crippen LogP contribution is -2.33. The fraction of sp³-hybridized carbons (Fsp3) is 0.818. The van der Waals surface area contributed by atoms with E-state index >= 15 is 0 Å². The second-order valence-electron chi connectivity index (χ2n) is 4.32. The van der Waals surface area contributed by atoms with E-state index in [2.05, 4.69) is 0 Å². The third kappa shape index (κ3) is 6.02. The standard InChI is InChI=1S/C11H20N2O2S/c1-13(6-4-10(12)16)11(14)8-15-7-5-9-2-3-9/h9H,2-8H2,1H3,(H2,12,16). The van der Waals surface area contributed by atoms with Crippen molar-refractivity contribution in [2.75, 3.05) is 26.8 Å². The quantitative estimate of drug-likeness (QED) is 0.510. The number of thiocarbonyl (C=S) groups is 1. The molecular formula is C11H20N2O2S. The molecule has 0 aromatic rings. The van der Waals surface area contributed by atoms with E-state index in [1.54, 1.807) is 11.9 Å². The predicted octanol–water partition coefficient (Wildman–Crippen LogP) is 0.938. The highest BCUT2D eigenvalue weighted by Crippen LogP contribution is 2.31. The maximum atomic E-state index is 11.5. The first-order valence-electron chi connectivity index (χ1n) is 5.69. The van der Waals surface area contributed by atoms with Crippen LogP contribution in [0.15, 0.2) is 0 Å². The lowest BCUT2D eigenvalue weighted by atomic mass is 10.3. The Hall–Kier alpha value is -0.680. The van der Waals surface area contributed by atoms with Gasteiger partial charge in [-0.15, -0.1) is 0 Å². The average molecular weight is 244 g/mol. The maximum absolute atomic E-state index is 11.5. The summed E-state index contributed by atoms with van der Waals surface area (Å²) < 4.78 is 5.32. The van der Waals surface area contributed by atoms with Gasteiger partial charge in [-0.1, -0.05) is 25.1 Å². The number of nitrogens with two attached hydrogens (primary N) is 1. The third-order valence-electron chi connectivity index (χ3n) is 2.71. The maximum Gasteiger partial charge on any atom is 0.248 e. The molecule has 0 aliphatic heterocycles. The van der Waals surface area contributed by atoms with Crippen LogP contribution >= 0.6 is 12.2 Å². The summed E-state index contributed by atoms with van der Waals surface area (Å²) in [5.41, 5.74) is 5.37. The fourth-order valence-corrected chi connectivity index (χ4v) is 1.42. The molecule has 0 unspecified atom stereocenters. The van der Waals surface area contributed by atoms with E-state index in [9.17, 15) is 4.79 Å². The molecule has 0 spiro atoms. The Bertz CT molecular complexity index is 254. The molecule has 0 aromatic heterocycles. The normalized spacial score (nSPS) is 14.8. The Balaban J connectivity index is 2.00. The van der Waals surface area contributed by atoms with Gasteiger partial charge in [0.1, 0.15) is 6.61 Å². The molecule has 2 N–H and O–H groups in total. The van der Waals surface area contributed by atoms with Crippen LogP contribution in [0.2, 0.25) is 0 Å². The summed E-state index contributed by atoms with van der Waals surface area (Å²) in [5.74, 6) is 0.842.